The van der Waals surface area contributed by atoms with E-state index in [1.165, 1.54) is 6.07 Å². The van der Waals surface area contributed by atoms with Gasteiger partial charge in [-0.05, 0) is 54.9 Å². The molecule has 0 bridgehead atoms. The van der Waals surface area contributed by atoms with Crippen molar-refractivity contribution in [2.45, 2.75) is 12.8 Å². The van der Waals surface area contributed by atoms with Gasteiger partial charge in [-0.1, -0.05) is 0 Å². The molecule has 0 saturated carbocycles. The molecule has 0 unspecified atom stereocenters. The largest absolute Gasteiger partial charge is 0.497 e. The molecule has 0 saturated heterocycles. The van der Waals surface area contributed by atoms with Gasteiger partial charge in [0.1, 0.15) is 17.3 Å². The van der Waals surface area contributed by atoms with Crippen molar-refractivity contribution in [3.8, 4) is 11.5 Å². The molecule has 31 heavy (non-hydrogen) atoms. The number of hydrogen-bond donors (Lipinski definition) is 4. The van der Waals surface area contributed by atoms with Crippen LogP contribution in [0.3, 0.4) is 0 Å². The van der Waals surface area contributed by atoms with Crippen LogP contribution in [0.1, 0.15) is 21.6 Å². The Balaban J connectivity index is 1.46. The van der Waals surface area contributed by atoms with Crippen molar-refractivity contribution in [3.05, 3.63) is 63.8 Å². The minimum atomic E-state index is -0.542. The molecule has 0 aliphatic rings. The lowest BCUT2D eigenvalue weighted by atomic mass is 10.1. The number of aromatic amines is 3. The SMILES string of the molecule is COc1cc(CCc2cc(NC(=O)c3cc(F)cc4[nH]c(=S)[nH]c34)n[nH]2)cc(OC)c1. The number of imidazole rings is 1. The molecule has 4 aromatic rings. The topological polar surface area (TPSA) is 108 Å². The predicted molar refractivity (Wildman–Crippen MR) is 117 cm³/mol. The molecule has 2 aromatic carbocycles. The van der Waals surface area contributed by atoms with Crippen LogP contribution < -0.4 is 14.8 Å². The third-order valence-corrected chi connectivity index (χ3v) is 5.01. The zero-order chi connectivity index (χ0) is 22.0. The maximum absolute atomic E-state index is 13.9. The van der Waals surface area contributed by atoms with Crippen molar-refractivity contribution in [1.82, 2.24) is 20.2 Å². The summed E-state index contributed by atoms with van der Waals surface area (Å²) in [5.74, 6) is 0.744. The van der Waals surface area contributed by atoms with E-state index in [0.717, 1.165) is 28.8 Å². The van der Waals surface area contributed by atoms with Crippen LogP contribution in [0.25, 0.3) is 11.0 Å². The van der Waals surface area contributed by atoms with Crippen LogP contribution in [-0.2, 0) is 12.8 Å². The van der Waals surface area contributed by atoms with E-state index < -0.39 is 11.7 Å². The highest BCUT2D eigenvalue weighted by molar-refractivity contribution is 7.71. The van der Waals surface area contributed by atoms with Gasteiger partial charge in [0, 0.05) is 17.8 Å². The number of aryl methyl sites for hydroxylation is 2. The number of aromatic nitrogens is 4. The van der Waals surface area contributed by atoms with E-state index in [0.29, 0.717) is 34.5 Å². The van der Waals surface area contributed by atoms with E-state index in [1.807, 2.05) is 18.2 Å². The van der Waals surface area contributed by atoms with Crippen molar-refractivity contribution >= 4 is 35.0 Å². The van der Waals surface area contributed by atoms with Gasteiger partial charge in [-0.2, -0.15) is 5.10 Å². The molecule has 8 nitrogen and oxygen atoms in total. The van der Waals surface area contributed by atoms with E-state index >= 15 is 0 Å². The number of nitrogens with one attached hydrogen (secondary N) is 4. The summed E-state index contributed by atoms with van der Waals surface area (Å²) in [6.07, 6.45) is 1.38. The number of amides is 1. The van der Waals surface area contributed by atoms with Crippen LogP contribution in [0.15, 0.2) is 36.4 Å². The van der Waals surface area contributed by atoms with Crippen LogP contribution in [0, 0.1) is 10.6 Å². The number of H-pyrrole nitrogens is 3. The number of methoxy groups -OCH3 is 2. The summed E-state index contributed by atoms with van der Waals surface area (Å²) in [5.41, 5.74) is 2.87. The third-order valence-electron chi connectivity index (χ3n) is 4.80. The highest BCUT2D eigenvalue weighted by Gasteiger charge is 2.15. The summed E-state index contributed by atoms with van der Waals surface area (Å²) >= 11 is 5.04. The Morgan fingerprint density at radius 3 is 2.52 bits per heavy atom. The zero-order valence-corrected chi connectivity index (χ0v) is 17.7. The lowest BCUT2D eigenvalue weighted by Gasteiger charge is -2.08. The second kappa shape index (κ2) is 8.60. The molecule has 0 radical (unpaired) electrons. The fourth-order valence-corrected chi connectivity index (χ4v) is 3.53. The minimum Gasteiger partial charge on any atom is -0.497 e. The van der Waals surface area contributed by atoms with Crippen LogP contribution in [-0.4, -0.2) is 40.3 Å². The molecular formula is C21H20FN5O3S. The van der Waals surface area contributed by atoms with E-state index in [2.05, 4.69) is 25.5 Å². The lowest BCUT2D eigenvalue weighted by Crippen LogP contribution is -2.13. The molecule has 0 spiro atoms. The van der Waals surface area contributed by atoms with Gasteiger partial charge < -0.3 is 24.8 Å². The summed E-state index contributed by atoms with van der Waals surface area (Å²) in [5, 5.41) is 9.73. The predicted octanol–water partition coefficient (Wildman–Crippen LogP) is 4.14. The number of fused-ring (bicyclic) bond motifs is 1. The molecule has 4 rings (SSSR count). The molecule has 2 aromatic heterocycles. The number of nitrogens with zero attached hydrogens (tertiary/aromatic N) is 1. The van der Waals surface area contributed by atoms with Gasteiger partial charge in [0.25, 0.3) is 5.91 Å². The number of benzene rings is 2. The Morgan fingerprint density at radius 1 is 1.06 bits per heavy atom. The number of ether oxygens (including phenoxy) is 2. The van der Waals surface area contributed by atoms with Crippen molar-refractivity contribution in [3.63, 3.8) is 0 Å². The molecular weight excluding hydrogens is 421 g/mol. The van der Waals surface area contributed by atoms with Gasteiger partial charge in [0.05, 0.1) is 30.8 Å². The van der Waals surface area contributed by atoms with Crippen molar-refractivity contribution in [2.75, 3.05) is 19.5 Å². The van der Waals surface area contributed by atoms with E-state index in [9.17, 15) is 9.18 Å². The fraction of sp³-hybridized carbons (Fsp3) is 0.190. The van der Waals surface area contributed by atoms with Crippen molar-refractivity contribution in [2.24, 2.45) is 0 Å². The second-order valence-electron chi connectivity index (χ2n) is 6.91. The summed E-state index contributed by atoms with van der Waals surface area (Å²) in [6, 6.07) is 9.87. The van der Waals surface area contributed by atoms with Gasteiger partial charge in [-0.15, -0.1) is 0 Å². The average Bonchev–Trinajstić information content (AvgIpc) is 3.36. The van der Waals surface area contributed by atoms with E-state index in [4.69, 9.17) is 21.7 Å². The number of anilines is 1. The Kier molecular flexibility index (Phi) is 5.72. The minimum absolute atomic E-state index is 0.135. The molecule has 0 aliphatic heterocycles. The maximum Gasteiger partial charge on any atom is 0.259 e. The molecule has 0 atom stereocenters. The molecule has 160 valence electrons. The van der Waals surface area contributed by atoms with Crippen molar-refractivity contribution in [1.29, 1.82) is 0 Å². The standard InChI is InChI=1S/C21H20FN5O3S/c1-29-14-5-11(6-15(10-14)30-2)3-4-13-9-18(27-26-13)24-20(28)16-7-12(22)8-17-19(16)25-21(31)23-17/h5-10H,3-4H2,1-2H3,(H2,23,25,31)(H2,24,26,27,28). The van der Waals surface area contributed by atoms with Gasteiger partial charge in [0.2, 0.25) is 0 Å². The number of halogens is 1. The zero-order valence-electron chi connectivity index (χ0n) is 16.8. The summed E-state index contributed by atoms with van der Waals surface area (Å²) < 4.78 is 24.8. The Hall–Kier alpha value is -3.66. The molecule has 0 fully saturated rings. The summed E-state index contributed by atoms with van der Waals surface area (Å²) in [7, 11) is 3.21. The second-order valence-corrected chi connectivity index (χ2v) is 7.32. The van der Waals surface area contributed by atoms with Gasteiger partial charge in [-0.25, -0.2) is 4.39 Å². The Labute approximate surface area is 181 Å². The van der Waals surface area contributed by atoms with E-state index in [1.54, 1.807) is 20.3 Å². The number of carbonyl (C=O) groups is 1. The molecule has 1 amide bonds. The van der Waals surface area contributed by atoms with Gasteiger partial charge in [-0.3, -0.25) is 9.89 Å². The monoisotopic (exact) mass is 441 g/mol. The van der Waals surface area contributed by atoms with Crippen LogP contribution in [0.5, 0.6) is 11.5 Å². The molecule has 4 N–H and O–H groups in total. The normalized spacial score (nSPS) is 10.9. The van der Waals surface area contributed by atoms with Gasteiger partial charge >= 0.3 is 0 Å². The first-order valence-corrected chi connectivity index (χ1v) is 9.85. The number of carbonyl (C=O) groups excluding carboxylic acids is 1. The van der Waals surface area contributed by atoms with Crippen molar-refractivity contribution < 1.29 is 18.7 Å². The quantitative estimate of drug-likeness (QED) is 0.323. The Bertz CT molecular complexity index is 1290. The highest BCUT2D eigenvalue weighted by Crippen LogP contribution is 2.24. The highest BCUT2D eigenvalue weighted by atomic mass is 32.1. The van der Waals surface area contributed by atoms with E-state index in [-0.39, 0.29) is 5.56 Å². The fourth-order valence-electron chi connectivity index (χ4n) is 3.31. The Morgan fingerprint density at radius 2 is 1.81 bits per heavy atom. The maximum atomic E-state index is 13.9. The van der Waals surface area contributed by atoms with Crippen LogP contribution >= 0.6 is 12.2 Å². The summed E-state index contributed by atoms with van der Waals surface area (Å²) in [6.45, 7) is 0. The first-order valence-electron chi connectivity index (χ1n) is 9.44. The first kappa shape index (κ1) is 20.6. The van der Waals surface area contributed by atoms with Crippen LogP contribution in [0.4, 0.5) is 10.2 Å². The summed E-state index contributed by atoms with van der Waals surface area (Å²) in [4.78, 5) is 18.4. The first-order chi connectivity index (χ1) is 14.9. The number of hydrogen-bond acceptors (Lipinski definition) is 5. The lowest BCUT2D eigenvalue weighted by molar-refractivity contribution is 0.102. The average molecular weight is 441 g/mol. The molecule has 0 aliphatic carbocycles. The number of rotatable bonds is 7. The van der Waals surface area contributed by atoms with Gasteiger partial charge in [0.15, 0.2) is 10.6 Å². The smallest absolute Gasteiger partial charge is 0.259 e. The molecule has 10 heteroatoms. The molecule has 2 heterocycles. The van der Waals surface area contributed by atoms with Crippen LogP contribution in [0.2, 0.25) is 0 Å². The third kappa shape index (κ3) is 4.58.